The van der Waals surface area contributed by atoms with E-state index in [0.29, 0.717) is 0 Å². The first-order valence-electron chi connectivity index (χ1n) is 2.86. The van der Waals surface area contributed by atoms with Gasteiger partial charge in [-0.3, -0.25) is 0 Å². The minimum Gasteiger partial charge on any atom is -0.391 e. The van der Waals surface area contributed by atoms with Gasteiger partial charge in [-0.15, -0.1) is 12.4 Å². The minimum absolute atomic E-state index is 0. The second kappa shape index (κ2) is 5.35. The summed E-state index contributed by atoms with van der Waals surface area (Å²) in [4.78, 5) is 0. The van der Waals surface area contributed by atoms with Gasteiger partial charge in [0.25, 0.3) is 0 Å². The number of nitrogens with one attached hydrogen (secondary N) is 1. The van der Waals surface area contributed by atoms with Crippen LogP contribution < -0.4 is 5.32 Å². The molecule has 1 saturated heterocycles. The number of hydrogen-bond donors (Lipinski definition) is 2. The van der Waals surface area contributed by atoms with Crippen LogP contribution in [0.15, 0.2) is 0 Å². The topological polar surface area (TPSA) is 32.3 Å². The molecule has 0 radical (unpaired) electrons. The van der Waals surface area contributed by atoms with E-state index in [0.717, 1.165) is 24.6 Å². The lowest BCUT2D eigenvalue weighted by atomic mass is 10.4. The molecule has 1 unspecified atom stereocenters. The van der Waals surface area contributed by atoms with Crippen molar-refractivity contribution >= 4 is 24.2 Å². The fraction of sp³-hybridized carbons (Fsp3) is 1.00. The average Bonchev–Trinajstić information content (AvgIpc) is 1.94. The van der Waals surface area contributed by atoms with Crippen LogP contribution in [-0.2, 0) is 0 Å². The molecule has 0 aromatic heterocycles. The Balaban J connectivity index is 0.000000640. The molecule has 0 spiro atoms. The molecule has 0 aliphatic carbocycles. The molecule has 0 aromatic carbocycles. The van der Waals surface area contributed by atoms with Crippen molar-refractivity contribution in [2.45, 2.75) is 6.10 Å². The first-order chi connectivity index (χ1) is 3.89. The van der Waals surface area contributed by atoms with Gasteiger partial charge in [0.1, 0.15) is 0 Å². The molecule has 2 nitrogen and oxygen atoms in total. The Labute approximate surface area is 65.8 Å². The summed E-state index contributed by atoms with van der Waals surface area (Å²) in [5, 5.41) is 12.1. The Morgan fingerprint density at radius 3 is 3.11 bits per heavy atom. The van der Waals surface area contributed by atoms with Crippen LogP contribution in [0, 0.1) is 0 Å². The first-order valence-corrected chi connectivity index (χ1v) is 4.01. The summed E-state index contributed by atoms with van der Waals surface area (Å²) in [6.07, 6.45) is -0.123. The van der Waals surface area contributed by atoms with E-state index >= 15 is 0 Å². The van der Waals surface area contributed by atoms with Gasteiger partial charge in [0.15, 0.2) is 0 Å². The molecule has 0 saturated carbocycles. The van der Waals surface area contributed by atoms with E-state index in [1.165, 1.54) is 0 Å². The molecular formula is C5H12ClNOS. The predicted octanol–water partition coefficient (Wildman–Crippen LogP) is 0.105. The molecule has 1 rings (SSSR count). The fourth-order valence-electron chi connectivity index (χ4n) is 0.691. The molecule has 0 bridgehead atoms. The van der Waals surface area contributed by atoms with Gasteiger partial charge in [0, 0.05) is 24.6 Å². The maximum atomic E-state index is 9.01. The number of rotatable bonds is 0. The summed E-state index contributed by atoms with van der Waals surface area (Å²) in [6, 6.07) is 0. The van der Waals surface area contributed by atoms with Crippen LogP contribution in [-0.4, -0.2) is 35.8 Å². The molecule has 0 aromatic rings. The van der Waals surface area contributed by atoms with Crippen molar-refractivity contribution in [1.29, 1.82) is 0 Å². The first kappa shape index (κ1) is 9.56. The highest BCUT2D eigenvalue weighted by Crippen LogP contribution is 2.03. The Morgan fingerprint density at radius 1 is 1.56 bits per heavy atom. The Bertz CT molecular complexity index is 66.0. The van der Waals surface area contributed by atoms with Gasteiger partial charge >= 0.3 is 0 Å². The predicted molar refractivity (Wildman–Crippen MR) is 43.4 cm³/mol. The molecule has 1 aliphatic rings. The van der Waals surface area contributed by atoms with E-state index in [2.05, 4.69) is 5.32 Å². The molecular weight excluding hydrogens is 158 g/mol. The van der Waals surface area contributed by atoms with Crippen LogP contribution in [0.25, 0.3) is 0 Å². The molecule has 2 N–H and O–H groups in total. The largest absolute Gasteiger partial charge is 0.391 e. The van der Waals surface area contributed by atoms with E-state index in [-0.39, 0.29) is 18.5 Å². The number of halogens is 1. The van der Waals surface area contributed by atoms with Gasteiger partial charge in [-0.1, -0.05) is 0 Å². The molecule has 1 aliphatic heterocycles. The Hall–Kier alpha value is 0.560. The van der Waals surface area contributed by atoms with Crippen molar-refractivity contribution in [1.82, 2.24) is 5.32 Å². The number of β-amino-alcohol motifs (C(OH)–C–C–N with tert-alkyl or cyclic N) is 1. The van der Waals surface area contributed by atoms with Crippen LogP contribution in [0.2, 0.25) is 0 Å². The van der Waals surface area contributed by atoms with E-state index in [9.17, 15) is 0 Å². The third-order valence-corrected chi connectivity index (χ3v) is 2.23. The van der Waals surface area contributed by atoms with Crippen molar-refractivity contribution in [3.05, 3.63) is 0 Å². The summed E-state index contributed by atoms with van der Waals surface area (Å²) < 4.78 is 0. The van der Waals surface area contributed by atoms with Crippen molar-refractivity contribution in [2.75, 3.05) is 24.6 Å². The van der Waals surface area contributed by atoms with Gasteiger partial charge < -0.3 is 10.4 Å². The number of thioether (sulfide) groups is 1. The minimum atomic E-state index is -0.123. The lowest BCUT2D eigenvalue weighted by molar-refractivity contribution is 0.199. The van der Waals surface area contributed by atoms with E-state index in [4.69, 9.17) is 5.11 Å². The molecule has 1 heterocycles. The zero-order valence-corrected chi connectivity index (χ0v) is 6.80. The molecule has 0 amide bonds. The standard InChI is InChI=1S/C5H11NOS.ClH/c7-5-3-6-1-2-8-4-5;/h5-7H,1-4H2;1H. The highest BCUT2D eigenvalue weighted by atomic mass is 35.5. The SMILES string of the molecule is Cl.OC1CNCCSC1. The van der Waals surface area contributed by atoms with Crippen molar-refractivity contribution in [3.63, 3.8) is 0 Å². The summed E-state index contributed by atoms with van der Waals surface area (Å²) in [7, 11) is 0. The van der Waals surface area contributed by atoms with Crippen LogP contribution >= 0.6 is 24.2 Å². The van der Waals surface area contributed by atoms with Gasteiger partial charge in [-0.25, -0.2) is 0 Å². The van der Waals surface area contributed by atoms with Crippen LogP contribution in [0.3, 0.4) is 0 Å². The molecule has 1 fully saturated rings. The van der Waals surface area contributed by atoms with Gasteiger partial charge in [0.05, 0.1) is 6.10 Å². The monoisotopic (exact) mass is 169 g/mol. The Kier molecular flexibility index (Phi) is 5.69. The maximum Gasteiger partial charge on any atom is 0.0754 e. The molecule has 1 atom stereocenters. The van der Waals surface area contributed by atoms with Gasteiger partial charge in [-0.2, -0.15) is 11.8 Å². The van der Waals surface area contributed by atoms with Crippen molar-refractivity contribution in [2.24, 2.45) is 0 Å². The number of hydrogen-bond acceptors (Lipinski definition) is 3. The number of aliphatic hydroxyl groups excluding tert-OH is 1. The van der Waals surface area contributed by atoms with Gasteiger partial charge in [0.2, 0.25) is 0 Å². The third-order valence-electron chi connectivity index (χ3n) is 1.11. The average molecular weight is 170 g/mol. The summed E-state index contributed by atoms with van der Waals surface area (Å²) >= 11 is 1.81. The molecule has 9 heavy (non-hydrogen) atoms. The summed E-state index contributed by atoms with van der Waals surface area (Å²) in [5.41, 5.74) is 0. The second-order valence-electron chi connectivity index (χ2n) is 1.93. The highest BCUT2D eigenvalue weighted by molar-refractivity contribution is 7.99. The molecule has 4 heteroatoms. The lowest BCUT2D eigenvalue weighted by Gasteiger charge is -2.02. The third kappa shape index (κ3) is 4.03. The van der Waals surface area contributed by atoms with Crippen LogP contribution in [0.4, 0.5) is 0 Å². The van der Waals surface area contributed by atoms with E-state index in [1.807, 2.05) is 11.8 Å². The van der Waals surface area contributed by atoms with Crippen molar-refractivity contribution in [3.8, 4) is 0 Å². The smallest absolute Gasteiger partial charge is 0.0754 e. The van der Waals surface area contributed by atoms with Crippen LogP contribution in [0.1, 0.15) is 0 Å². The lowest BCUT2D eigenvalue weighted by Crippen LogP contribution is -2.26. The highest BCUT2D eigenvalue weighted by Gasteiger charge is 2.06. The summed E-state index contributed by atoms with van der Waals surface area (Å²) in [5.74, 6) is 2.03. The van der Waals surface area contributed by atoms with Crippen LogP contribution in [0.5, 0.6) is 0 Å². The quantitative estimate of drug-likeness (QED) is 0.540. The van der Waals surface area contributed by atoms with E-state index in [1.54, 1.807) is 0 Å². The van der Waals surface area contributed by atoms with Gasteiger partial charge in [-0.05, 0) is 0 Å². The van der Waals surface area contributed by atoms with Crippen molar-refractivity contribution < 1.29 is 5.11 Å². The van der Waals surface area contributed by atoms with E-state index < -0.39 is 0 Å². The Morgan fingerprint density at radius 2 is 2.33 bits per heavy atom. The zero-order chi connectivity index (χ0) is 5.82. The maximum absolute atomic E-state index is 9.01. The summed E-state index contributed by atoms with van der Waals surface area (Å²) in [6.45, 7) is 1.81. The zero-order valence-electron chi connectivity index (χ0n) is 5.17. The number of aliphatic hydroxyl groups is 1. The normalized spacial score (nSPS) is 28.3. The fourth-order valence-corrected chi connectivity index (χ4v) is 1.54. The molecule has 56 valence electrons. The second-order valence-corrected chi connectivity index (χ2v) is 3.08.